The third-order valence-electron chi connectivity index (χ3n) is 6.27. The minimum absolute atomic E-state index is 0.183. The normalized spacial score (nSPS) is 29.5. The molecular weight excluding hydrogens is 372 g/mol. The lowest BCUT2D eigenvalue weighted by Crippen LogP contribution is -2.54. The summed E-state index contributed by atoms with van der Waals surface area (Å²) < 4.78 is 12.4. The number of hydrogen-bond acceptors (Lipinski definition) is 4. The van der Waals surface area contributed by atoms with Gasteiger partial charge in [-0.25, -0.2) is 0 Å². The Morgan fingerprint density at radius 1 is 1.18 bits per heavy atom. The Bertz CT molecular complexity index is 701. The summed E-state index contributed by atoms with van der Waals surface area (Å²) in [5, 5.41) is 4.33. The zero-order chi connectivity index (χ0) is 19.6. The van der Waals surface area contributed by atoms with Gasteiger partial charge in [0.15, 0.2) is 0 Å². The molecule has 0 radical (unpaired) electrons. The van der Waals surface area contributed by atoms with Crippen molar-refractivity contribution in [3.05, 3.63) is 40.4 Å². The van der Waals surface area contributed by atoms with Crippen LogP contribution in [0.5, 0.6) is 0 Å². The predicted molar refractivity (Wildman–Crippen MR) is 115 cm³/mol. The molecule has 154 valence electrons. The molecule has 28 heavy (non-hydrogen) atoms. The van der Waals surface area contributed by atoms with Crippen molar-refractivity contribution in [3.8, 4) is 0 Å². The first kappa shape index (κ1) is 20.4. The molecule has 1 aromatic rings. The van der Waals surface area contributed by atoms with Crippen molar-refractivity contribution in [2.45, 2.75) is 45.3 Å². The van der Waals surface area contributed by atoms with E-state index in [9.17, 15) is 0 Å². The van der Waals surface area contributed by atoms with E-state index in [1.54, 1.807) is 0 Å². The minimum Gasteiger partial charge on any atom is -0.380 e. The Morgan fingerprint density at radius 2 is 2.00 bits per heavy atom. The lowest BCUT2D eigenvalue weighted by Gasteiger charge is -2.42. The third kappa shape index (κ3) is 4.80. The molecule has 0 saturated carbocycles. The van der Waals surface area contributed by atoms with Gasteiger partial charge in [0.1, 0.15) is 0 Å². The van der Waals surface area contributed by atoms with Gasteiger partial charge in [-0.15, -0.1) is 0 Å². The average Bonchev–Trinajstić information content (AvgIpc) is 2.71. The van der Waals surface area contributed by atoms with Crippen molar-refractivity contribution in [1.29, 1.82) is 0 Å². The molecule has 1 aliphatic carbocycles. The number of ether oxygens (including phenoxy) is 2. The van der Waals surface area contributed by atoms with Crippen LogP contribution in [0.1, 0.15) is 38.7 Å². The maximum Gasteiger partial charge on any atom is 0.0808 e. The summed E-state index contributed by atoms with van der Waals surface area (Å²) in [6.07, 6.45) is 3.30. The number of halogens is 1. The molecule has 1 N–H and O–H groups in total. The molecule has 2 saturated heterocycles. The van der Waals surface area contributed by atoms with Gasteiger partial charge in [0.25, 0.3) is 0 Å². The maximum absolute atomic E-state index is 6.46. The second kappa shape index (κ2) is 8.85. The van der Waals surface area contributed by atoms with Crippen LogP contribution in [0.15, 0.2) is 29.8 Å². The summed E-state index contributed by atoms with van der Waals surface area (Å²) in [7, 11) is 0. The molecule has 2 aliphatic heterocycles. The Kier molecular flexibility index (Phi) is 6.43. The number of hydrogen-bond donors (Lipinski definition) is 1. The number of nitrogens with zero attached hydrogens (tertiary/aromatic N) is 1. The first-order valence-electron chi connectivity index (χ1n) is 10.6. The van der Waals surface area contributed by atoms with Crippen LogP contribution in [0.4, 0.5) is 0 Å². The van der Waals surface area contributed by atoms with E-state index in [-0.39, 0.29) is 11.5 Å². The highest BCUT2D eigenvalue weighted by atomic mass is 35.5. The SMILES string of the molecule is CC1(C)CC(c2ccc(Cl)cc2)=C2CN3CCNC[C@H]3COCCCO[C@@H]2C1. The van der Waals surface area contributed by atoms with Crippen molar-refractivity contribution in [2.24, 2.45) is 5.41 Å². The molecule has 0 unspecified atom stereocenters. The predicted octanol–water partition coefficient (Wildman–Crippen LogP) is 3.99. The largest absolute Gasteiger partial charge is 0.380 e. The summed E-state index contributed by atoms with van der Waals surface area (Å²) in [5.41, 5.74) is 4.44. The van der Waals surface area contributed by atoms with E-state index in [1.807, 2.05) is 12.1 Å². The van der Waals surface area contributed by atoms with Crippen molar-refractivity contribution in [1.82, 2.24) is 10.2 Å². The Hall–Kier alpha value is -0.910. The fourth-order valence-corrected chi connectivity index (χ4v) is 4.91. The maximum atomic E-state index is 6.46. The van der Waals surface area contributed by atoms with Gasteiger partial charge in [-0.05, 0) is 53.5 Å². The van der Waals surface area contributed by atoms with Gasteiger partial charge in [-0.1, -0.05) is 37.6 Å². The molecule has 0 amide bonds. The van der Waals surface area contributed by atoms with E-state index in [2.05, 4.69) is 36.2 Å². The standard InChI is InChI=1S/C23H33ClN2O2/c1-23(2)12-20(17-4-6-18(24)7-5-17)21-15-26-9-8-25-14-19(26)16-27-10-3-11-28-22(21)13-23/h4-7,19,22,25H,3,8-16H2,1-2H3/t19-,22+/m0/s1. The molecule has 2 fully saturated rings. The Morgan fingerprint density at radius 3 is 2.82 bits per heavy atom. The smallest absolute Gasteiger partial charge is 0.0808 e. The van der Waals surface area contributed by atoms with Crippen LogP contribution in [0.2, 0.25) is 5.02 Å². The average molecular weight is 405 g/mol. The number of nitrogens with one attached hydrogen (secondary N) is 1. The first-order valence-corrected chi connectivity index (χ1v) is 11.0. The van der Waals surface area contributed by atoms with E-state index in [0.29, 0.717) is 6.04 Å². The number of benzene rings is 1. The second-order valence-electron chi connectivity index (χ2n) is 9.17. The molecule has 2 heterocycles. The van der Waals surface area contributed by atoms with Gasteiger partial charge in [-0.2, -0.15) is 0 Å². The number of rotatable bonds is 1. The van der Waals surface area contributed by atoms with Crippen molar-refractivity contribution < 1.29 is 9.47 Å². The monoisotopic (exact) mass is 404 g/mol. The van der Waals surface area contributed by atoms with Crippen LogP contribution in [0, 0.1) is 5.41 Å². The van der Waals surface area contributed by atoms with Crippen LogP contribution < -0.4 is 5.32 Å². The summed E-state index contributed by atoms with van der Waals surface area (Å²) >= 11 is 6.17. The fourth-order valence-electron chi connectivity index (χ4n) is 4.78. The molecule has 4 rings (SSSR count). The first-order chi connectivity index (χ1) is 13.5. The van der Waals surface area contributed by atoms with Gasteiger partial charge in [0.05, 0.1) is 12.7 Å². The minimum atomic E-state index is 0.183. The number of allylic oxidation sites excluding steroid dienone is 1. The highest BCUT2D eigenvalue weighted by Gasteiger charge is 2.37. The number of piperazine rings is 1. The van der Waals surface area contributed by atoms with E-state index >= 15 is 0 Å². The summed E-state index contributed by atoms with van der Waals surface area (Å²) in [4.78, 5) is 2.60. The van der Waals surface area contributed by atoms with Crippen LogP contribution in [-0.2, 0) is 9.47 Å². The fraction of sp³-hybridized carbons (Fsp3) is 0.652. The summed E-state index contributed by atoms with van der Waals surface area (Å²) in [6.45, 7) is 11.1. The molecule has 1 aromatic carbocycles. The van der Waals surface area contributed by atoms with Gasteiger partial charge in [0, 0.05) is 50.5 Å². The van der Waals surface area contributed by atoms with Crippen molar-refractivity contribution in [3.63, 3.8) is 0 Å². The van der Waals surface area contributed by atoms with Crippen molar-refractivity contribution >= 4 is 17.2 Å². The van der Waals surface area contributed by atoms with Gasteiger partial charge < -0.3 is 14.8 Å². The molecule has 0 aromatic heterocycles. The van der Waals surface area contributed by atoms with Crippen LogP contribution in [-0.4, -0.2) is 63.0 Å². The Labute approximate surface area is 174 Å². The second-order valence-corrected chi connectivity index (χ2v) is 9.61. The summed E-state index contributed by atoms with van der Waals surface area (Å²) in [5.74, 6) is 0. The van der Waals surface area contributed by atoms with Crippen LogP contribution in [0.25, 0.3) is 5.57 Å². The highest BCUT2D eigenvalue weighted by molar-refractivity contribution is 6.30. The molecule has 0 bridgehead atoms. The highest BCUT2D eigenvalue weighted by Crippen LogP contribution is 2.44. The number of fused-ring (bicyclic) bond motifs is 2. The van der Waals surface area contributed by atoms with E-state index in [1.165, 1.54) is 16.7 Å². The van der Waals surface area contributed by atoms with E-state index in [4.69, 9.17) is 21.1 Å². The zero-order valence-corrected chi connectivity index (χ0v) is 17.9. The molecule has 3 aliphatic rings. The molecule has 4 nitrogen and oxygen atoms in total. The lowest BCUT2D eigenvalue weighted by atomic mass is 9.71. The Balaban J connectivity index is 1.74. The van der Waals surface area contributed by atoms with Crippen LogP contribution >= 0.6 is 11.6 Å². The summed E-state index contributed by atoms with van der Waals surface area (Å²) in [6, 6.07) is 8.80. The molecule has 5 heteroatoms. The van der Waals surface area contributed by atoms with Crippen LogP contribution in [0.3, 0.4) is 0 Å². The zero-order valence-electron chi connectivity index (χ0n) is 17.2. The molecule has 0 spiro atoms. The van der Waals surface area contributed by atoms with Crippen molar-refractivity contribution in [2.75, 3.05) is 46.0 Å². The van der Waals surface area contributed by atoms with Gasteiger partial charge in [0.2, 0.25) is 0 Å². The van der Waals surface area contributed by atoms with Gasteiger partial charge in [-0.3, -0.25) is 4.90 Å². The molecule has 2 atom stereocenters. The third-order valence-corrected chi connectivity index (χ3v) is 6.52. The topological polar surface area (TPSA) is 33.7 Å². The van der Waals surface area contributed by atoms with Gasteiger partial charge >= 0.3 is 0 Å². The van der Waals surface area contributed by atoms with E-state index < -0.39 is 0 Å². The van der Waals surface area contributed by atoms with E-state index in [0.717, 1.165) is 70.3 Å². The quantitative estimate of drug-likeness (QED) is 0.767. The lowest BCUT2D eigenvalue weighted by molar-refractivity contribution is 0.0261. The molecular formula is C23H33ClN2O2.